The van der Waals surface area contributed by atoms with E-state index in [-0.39, 0.29) is 12.5 Å². The number of amides is 1. The van der Waals surface area contributed by atoms with Crippen molar-refractivity contribution in [3.8, 4) is 6.07 Å². The molecule has 6 nitrogen and oxygen atoms in total. The molecule has 0 aliphatic carbocycles. The van der Waals surface area contributed by atoms with Crippen molar-refractivity contribution in [3.05, 3.63) is 42.1 Å². The first-order valence-electron chi connectivity index (χ1n) is 9.76. The summed E-state index contributed by atoms with van der Waals surface area (Å²) < 4.78 is 7.14. The Bertz CT molecular complexity index is 899. The lowest BCUT2D eigenvalue weighted by molar-refractivity contribution is -0.148. The molecule has 1 aliphatic heterocycles. The summed E-state index contributed by atoms with van der Waals surface area (Å²) >= 11 is 0. The smallest absolute Gasteiger partial charge is 0.331 e. The van der Waals surface area contributed by atoms with Crippen molar-refractivity contribution in [1.82, 2.24) is 9.47 Å². The number of likely N-dealkylation sites (tertiary alicyclic amines) is 1. The fourth-order valence-corrected chi connectivity index (χ4v) is 3.51. The number of ether oxygens (including phenoxy) is 1. The Morgan fingerprint density at radius 2 is 1.89 bits per heavy atom. The number of carbonyl (C=O) groups is 2. The van der Waals surface area contributed by atoms with Gasteiger partial charge in [0.05, 0.1) is 12.5 Å². The van der Waals surface area contributed by atoms with Crippen molar-refractivity contribution in [3.63, 3.8) is 0 Å². The third-order valence-electron chi connectivity index (χ3n) is 4.98. The Kier molecular flexibility index (Phi) is 6.85. The monoisotopic (exact) mass is 379 g/mol. The summed E-state index contributed by atoms with van der Waals surface area (Å²) in [6.45, 7) is 1.87. The minimum absolute atomic E-state index is 0.128. The molecule has 0 unspecified atom stereocenters. The van der Waals surface area contributed by atoms with E-state index < -0.39 is 5.97 Å². The second-order valence-corrected chi connectivity index (χ2v) is 6.94. The second-order valence-electron chi connectivity index (χ2n) is 6.94. The molecule has 1 aromatic carbocycles. The predicted octanol–water partition coefficient (Wildman–Crippen LogP) is 3.51. The van der Waals surface area contributed by atoms with Gasteiger partial charge in [0.2, 0.25) is 0 Å². The number of aryl methyl sites for hydroxylation is 1. The minimum Gasteiger partial charge on any atom is -0.452 e. The van der Waals surface area contributed by atoms with E-state index >= 15 is 0 Å². The Balaban J connectivity index is 1.61. The Morgan fingerprint density at radius 1 is 1.14 bits per heavy atom. The Morgan fingerprint density at radius 3 is 2.64 bits per heavy atom. The number of esters is 1. The van der Waals surface area contributed by atoms with E-state index in [1.54, 1.807) is 11.0 Å². The first-order chi connectivity index (χ1) is 13.7. The van der Waals surface area contributed by atoms with Gasteiger partial charge in [0.1, 0.15) is 0 Å². The highest BCUT2D eigenvalue weighted by molar-refractivity contribution is 5.95. The van der Waals surface area contributed by atoms with Gasteiger partial charge in [-0.25, -0.2) is 4.79 Å². The lowest BCUT2D eigenvalue weighted by atomic mass is 10.1. The van der Waals surface area contributed by atoms with Crippen LogP contribution in [0.4, 0.5) is 0 Å². The second kappa shape index (κ2) is 9.75. The lowest BCUT2D eigenvalue weighted by Gasteiger charge is -2.19. The maximum absolute atomic E-state index is 12.2. The molecule has 1 aliphatic rings. The number of nitriles is 1. The average molecular weight is 379 g/mol. The van der Waals surface area contributed by atoms with Crippen molar-refractivity contribution in [2.24, 2.45) is 0 Å². The standard InChI is InChI=1S/C22H25N3O3/c23-12-7-15-25-16-18(19-8-3-4-9-20(19)25)10-11-22(27)28-17-21(26)24-13-5-1-2-6-14-24/h3-4,8-11,16H,1-2,5-7,13-15,17H2. The molecule has 0 spiro atoms. The van der Waals surface area contributed by atoms with Crippen LogP contribution in [0.15, 0.2) is 36.5 Å². The van der Waals surface area contributed by atoms with Crippen LogP contribution in [0.2, 0.25) is 0 Å². The number of hydrogen-bond donors (Lipinski definition) is 0. The van der Waals surface area contributed by atoms with E-state index in [1.807, 2.05) is 35.0 Å². The van der Waals surface area contributed by atoms with Gasteiger partial charge in [-0.1, -0.05) is 31.0 Å². The molecule has 0 radical (unpaired) electrons. The van der Waals surface area contributed by atoms with Crippen molar-refractivity contribution < 1.29 is 14.3 Å². The van der Waals surface area contributed by atoms with Crippen molar-refractivity contribution in [2.45, 2.75) is 38.6 Å². The molecule has 3 rings (SSSR count). The third-order valence-corrected chi connectivity index (χ3v) is 4.98. The van der Waals surface area contributed by atoms with Gasteiger partial charge in [-0.3, -0.25) is 4.79 Å². The number of carbonyl (C=O) groups excluding carboxylic acids is 2. The summed E-state index contributed by atoms with van der Waals surface area (Å²) in [5.41, 5.74) is 1.89. The van der Waals surface area contributed by atoms with E-state index in [0.29, 0.717) is 13.0 Å². The number of benzene rings is 1. The van der Waals surface area contributed by atoms with Crippen LogP contribution >= 0.6 is 0 Å². The zero-order valence-electron chi connectivity index (χ0n) is 16.0. The van der Waals surface area contributed by atoms with Crippen LogP contribution in [0.1, 0.15) is 37.7 Å². The summed E-state index contributed by atoms with van der Waals surface area (Å²) in [6.07, 6.45) is 9.71. The quantitative estimate of drug-likeness (QED) is 0.568. The zero-order chi connectivity index (χ0) is 19.8. The van der Waals surface area contributed by atoms with E-state index in [9.17, 15) is 9.59 Å². The number of nitrogens with zero attached hydrogens (tertiary/aromatic N) is 3. The molecule has 0 atom stereocenters. The van der Waals surface area contributed by atoms with Gasteiger partial charge < -0.3 is 14.2 Å². The minimum atomic E-state index is -0.531. The van der Waals surface area contributed by atoms with E-state index in [0.717, 1.165) is 55.2 Å². The van der Waals surface area contributed by atoms with Gasteiger partial charge in [0.25, 0.3) is 5.91 Å². The number of hydrogen-bond acceptors (Lipinski definition) is 4. The molecule has 6 heteroatoms. The molecular formula is C22H25N3O3. The molecule has 0 saturated carbocycles. The molecule has 2 heterocycles. The molecule has 2 aromatic rings. The molecular weight excluding hydrogens is 354 g/mol. The summed E-state index contributed by atoms with van der Waals surface area (Å²) in [7, 11) is 0. The van der Waals surface area contributed by atoms with E-state index in [2.05, 4.69) is 6.07 Å². The highest BCUT2D eigenvalue weighted by Crippen LogP contribution is 2.23. The van der Waals surface area contributed by atoms with Crippen LogP contribution in [0.5, 0.6) is 0 Å². The largest absolute Gasteiger partial charge is 0.452 e. The number of fused-ring (bicyclic) bond motifs is 1. The number of aromatic nitrogens is 1. The van der Waals surface area contributed by atoms with Gasteiger partial charge in [-0.2, -0.15) is 5.26 Å². The van der Waals surface area contributed by atoms with Crippen molar-refractivity contribution in [1.29, 1.82) is 5.26 Å². The van der Waals surface area contributed by atoms with Crippen LogP contribution in [0.25, 0.3) is 17.0 Å². The normalized spacial score (nSPS) is 14.8. The van der Waals surface area contributed by atoms with Crippen LogP contribution in [0.3, 0.4) is 0 Å². The summed E-state index contributed by atoms with van der Waals surface area (Å²) in [4.78, 5) is 26.0. The van der Waals surface area contributed by atoms with Crippen molar-refractivity contribution >= 4 is 28.9 Å². The van der Waals surface area contributed by atoms with E-state index in [1.165, 1.54) is 6.08 Å². The first-order valence-corrected chi connectivity index (χ1v) is 9.76. The summed E-state index contributed by atoms with van der Waals surface area (Å²) in [5, 5.41) is 9.83. The fourth-order valence-electron chi connectivity index (χ4n) is 3.51. The molecule has 28 heavy (non-hydrogen) atoms. The SMILES string of the molecule is N#CCCn1cc(C=CC(=O)OCC(=O)N2CCCCCC2)c2ccccc21. The van der Waals surface area contributed by atoms with Gasteiger partial charge in [-0.15, -0.1) is 0 Å². The van der Waals surface area contributed by atoms with Gasteiger partial charge in [-0.05, 0) is 25.0 Å². The molecule has 1 aromatic heterocycles. The molecule has 0 N–H and O–H groups in total. The maximum Gasteiger partial charge on any atom is 0.331 e. The van der Waals surface area contributed by atoms with Gasteiger partial charge in [0, 0.05) is 48.4 Å². The topological polar surface area (TPSA) is 75.3 Å². The predicted molar refractivity (Wildman–Crippen MR) is 107 cm³/mol. The third kappa shape index (κ3) is 5.01. The highest BCUT2D eigenvalue weighted by Gasteiger charge is 2.16. The fraction of sp³-hybridized carbons (Fsp3) is 0.409. The first kappa shape index (κ1) is 19.7. The van der Waals surface area contributed by atoms with Crippen LogP contribution in [-0.4, -0.2) is 41.0 Å². The maximum atomic E-state index is 12.2. The molecule has 1 saturated heterocycles. The summed E-state index contributed by atoms with van der Waals surface area (Å²) in [6, 6.07) is 10.00. The molecule has 0 bridgehead atoms. The van der Waals surface area contributed by atoms with Gasteiger partial charge >= 0.3 is 5.97 Å². The van der Waals surface area contributed by atoms with Crippen LogP contribution in [0, 0.1) is 11.3 Å². The molecule has 1 amide bonds. The molecule has 1 fully saturated rings. The summed E-state index contributed by atoms with van der Waals surface area (Å²) in [5.74, 6) is -0.659. The van der Waals surface area contributed by atoms with Crippen LogP contribution < -0.4 is 0 Å². The number of rotatable bonds is 6. The molecule has 146 valence electrons. The Hall–Kier alpha value is -3.07. The van der Waals surface area contributed by atoms with Gasteiger partial charge in [0.15, 0.2) is 6.61 Å². The zero-order valence-corrected chi connectivity index (χ0v) is 16.0. The van der Waals surface area contributed by atoms with Crippen molar-refractivity contribution in [2.75, 3.05) is 19.7 Å². The average Bonchev–Trinajstić information content (AvgIpc) is 2.87. The van der Waals surface area contributed by atoms with E-state index in [4.69, 9.17) is 10.00 Å². The Labute approximate surface area is 165 Å². The van der Waals surface area contributed by atoms with Crippen LogP contribution in [-0.2, 0) is 20.9 Å². The highest BCUT2D eigenvalue weighted by atomic mass is 16.5. The lowest BCUT2D eigenvalue weighted by Crippen LogP contribution is -2.35. The number of para-hydroxylation sites is 1.